The fourth-order valence-electron chi connectivity index (χ4n) is 5.74. The van der Waals surface area contributed by atoms with E-state index in [1.54, 1.807) is 30.0 Å². The predicted molar refractivity (Wildman–Crippen MR) is 185 cm³/mol. The van der Waals surface area contributed by atoms with Gasteiger partial charge >= 0.3 is 6.09 Å². The number of aryl methyl sites for hydroxylation is 1. The Hall–Kier alpha value is -4.16. The van der Waals surface area contributed by atoms with E-state index in [4.69, 9.17) is 4.74 Å². The van der Waals surface area contributed by atoms with E-state index < -0.39 is 33.8 Å². The smallest absolute Gasteiger partial charge is 0.405 e. The van der Waals surface area contributed by atoms with Crippen molar-refractivity contribution in [2.24, 2.45) is 0 Å². The van der Waals surface area contributed by atoms with Gasteiger partial charge in [-0.3, -0.25) is 4.79 Å². The molecular formula is C36H39N3O6S2. The fourth-order valence-corrected chi connectivity index (χ4v) is 7.45. The van der Waals surface area contributed by atoms with E-state index in [0.29, 0.717) is 42.3 Å². The maximum atomic E-state index is 13.9. The number of benzene rings is 4. The van der Waals surface area contributed by atoms with Crippen LogP contribution in [0.15, 0.2) is 119 Å². The summed E-state index contributed by atoms with van der Waals surface area (Å²) in [6, 6.07) is 32.2. The third-order valence-electron chi connectivity index (χ3n) is 8.02. The molecule has 1 aliphatic rings. The normalized spacial score (nSPS) is 17.1. The average Bonchev–Trinajstić information content (AvgIpc) is 3.07. The van der Waals surface area contributed by atoms with Crippen LogP contribution in [-0.2, 0) is 25.8 Å². The maximum Gasteiger partial charge on any atom is 0.405 e. The van der Waals surface area contributed by atoms with Crippen molar-refractivity contribution in [1.82, 2.24) is 10.6 Å². The van der Waals surface area contributed by atoms with Crippen LogP contribution in [0.4, 0.5) is 10.5 Å². The molecule has 0 aromatic heterocycles. The van der Waals surface area contributed by atoms with Crippen molar-refractivity contribution < 1.29 is 27.9 Å². The Kier molecular flexibility index (Phi) is 11.7. The number of para-hydroxylation sites is 1. The number of hydrogen-bond donors (Lipinski definition) is 4. The minimum atomic E-state index is -3.28. The average molecular weight is 674 g/mol. The van der Waals surface area contributed by atoms with Crippen molar-refractivity contribution in [3.8, 4) is 0 Å². The van der Waals surface area contributed by atoms with Crippen molar-refractivity contribution in [3.05, 3.63) is 126 Å². The zero-order chi connectivity index (χ0) is 33.2. The topological polar surface area (TPSA) is 134 Å². The van der Waals surface area contributed by atoms with Crippen LogP contribution in [0.3, 0.4) is 0 Å². The first-order valence-corrected chi connectivity index (χ1v) is 18.3. The van der Waals surface area contributed by atoms with Gasteiger partial charge in [0, 0.05) is 41.6 Å². The van der Waals surface area contributed by atoms with Gasteiger partial charge in [-0.15, -0.1) is 11.8 Å². The number of ether oxygens (including phenoxy) is 1. The molecule has 0 aliphatic carbocycles. The number of hydrogen-bond acceptors (Lipinski definition) is 7. The Labute approximate surface area is 280 Å². The lowest BCUT2D eigenvalue weighted by molar-refractivity contribution is -0.118. The van der Waals surface area contributed by atoms with Crippen molar-refractivity contribution >= 4 is 39.3 Å². The number of nitrogens with one attached hydrogen (secondary N) is 3. The van der Waals surface area contributed by atoms with Gasteiger partial charge in [-0.05, 0) is 53.8 Å². The summed E-state index contributed by atoms with van der Waals surface area (Å²) in [5.74, 6) is -0.332. The number of rotatable bonds is 13. The summed E-state index contributed by atoms with van der Waals surface area (Å²) in [5.41, 5.74) is 3.18. The first-order chi connectivity index (χ1) is 22.7. The van der Waals surface area contributed by atoms with Gasteiger partial charge in [-0.1, -0.05) is 84.9 Å². The van der Waals surface area contributed by atoms with Crippen LogP contribution in [0.25, 0.3) is 0 Å². The lowest BCUT2D eigenvalue weighted by Gasteiger charge is -2.31. The molecule has 1 fully saturated rings. The summed E-state index contributed by atoms with van der Waals surface area (Å²) in [7, 11) is -3.28. The molecule has 0 radical (unpaired) electrons. The molecule has 0 bridgehead atoms. The van der Waals surface area contributed by atoms with Gasteiger partial charge in [0.25, 0.3) is 0 Å². The lowest BCUT2D eigenvalue weighted by atomic mass is 9.84. The number of anilines is 1. The highest BCUT2D eigenvalue weighted by molar-refractivity contribution is 7.99. The Bertz CT molecular complexity index is 1720. The summed E-state index contributed by atoms with van der Waals surface area (Å²) >= 11 is 1.56. The Morgan fingerprint density at radius 1 is 0.894 bits per heavy atom. The van der Waals surface area contributed by atoms with E-state index in [1.807, 2.05) is 91.0 Å². The molecule has 4 N–H and O–H groups in total. The molecule has 1 aliphatic heterocycles. The van der Waals surface area contributed by atoms with Crippen LogP contribution in [-0.4, -0.2) is 68.9 Å². The fraction of sp³-hybridized carbons (Fsp3) is 0.278. The molecule has 5 rings (SSSR count). The standard InChI is InChI=1S/C36H39N3O6S2/c1-47(43,44)31-17-10-16-30(21-31)46-24-29-23-37-22-28(45-29)20-19-25-11-8-9-18-32(25)38-35(40)34(39-36(41)42)33(26-12-4-2-5-13-26)27-14-6-3-7-15-27/h2-18,21,28-29,33-34,37,39H,19-20,22-24H2,1H3,(H,38,40)(H,41,42)/t28-,29+,34+/m1/s1. The number of sulfone groups is 1. The largest absolute Gasteiger partial charge is 0.465 e. The molecule has 11 heteroatoms. The SMILES string of the molecule is CS(=O)(=O)c1cccc(SC[C@@H]2CNC[C@@H](CCc3ccccc3NC(=O)[C@@H](NC(=O)O)C(c3ccccc3)c3ccccc3)O2)c1. The van der Waals surface area contributed by atoms with Gasteiger partial charge < -0.3 is 25.8 Å². The maximum absolute atomic E-state index is 13.9. The highest BCUT2D eigenvalue weighted by Crippen LogP contribution is 2.30. The van der Waals surface area contributed by atoms with Crippen LogP contribution in [0, 0.1) is 0 Å². The van der Waals surface area contributed by atoms with Crippen molar-refractivity contribution in [3.63, 3.8) is 0 Å². The quantitative estimate of drug-likeness (QED) is 0.135. The molecule has 3 atom stereocenters. The van der Waals surface area contributed by atoms with Gasteiger partial charge in [-0.2, -0.15) is 0 Å². The summed E-state index contributed by atoms with van der Waals surface area (Å²) in [4.78, 5) is 27.0. The van der Waals surface area contributed by atoms with Crippen LogP contribution in [0.5, 0.6) is 0 Å². The van der Waals surface area contributed by atoms with Gasteiger partial charge in [-0.25, -0.2) is 13.2 Å². The number of carbonyl (C=O) groups is 2. The summed E-state index contributed by atoms with van der Waals surface area (Å²) in [6.45, 7) is 1.39. The van der Waals surface area contributed by atoms with Crippen molar-refractivity contribution in [2.75, 3.05) is 30.4 Å². The zero-order valence-electron chi connectivity index (χ0n) is 26.0. The molecule has 0 unspecified atom stereocenters. The second-order valence-corrected chi connectivity index (χ2v) is 14.6. The van der Waals surface area contributed by atoms with Crippen molar-refractivity contribution in [1.29, 1.82) is 0 Å². The molecule has 4 aromatic rings. The van der Waals surface area contributed by atoms with Crippen molar-refractivity contribution in [2.45, 2.75) is 46.8 Å². The highest BCUT2D eigenvalue weighted by atomic mass is 32.2. The predicted octanol–water partition coefficient (Wildman–Crippen LogP) is 5.58. The number of carboxylic acid groups (broad SMARTS) is 1. The minimum absolute atomic E-state index is 0.0497. The molecule has 1 heterocycles. The number of amides is 2. The summed E-state index contributed by atoms with van der Waals surface area (Å²) < 4.78 is 30.3. The van der Waals surface area contributed by atoms with E-state index >= 15 is 0 Å². The van der Waals surface area contributed by atoms with E-state index in [1.165, 1.54) is 6.26 Å². The Morgan fingerprint density at radius 3 is 2.19 bits per heavy atom. The van der Waals surface area contributed by atoms with Gasteiger partial charge in [0.1, 0.15) is 6.04 Å². The molecule has 1 saturated heterocycles. The minimum Gasteiger partial charge on any atom is -0.465 e. The Balaban J connectivity index is 1.25. The zero-order valence-corrected chi connectivity index (χ0v) is 27.7. The molecule has 2 amide bonds. The molecule has 0 saturated carbocycles. The van der Waals surface area contributed by atoms with E-state index in [2.05, 4.69) is 16.0 Å². The monoisotopic (exact) mass is 673 g/mol. The van der Waals surface area contributed by atoms with E-state index in [-0.39, 0.29) is 12.2 Å². The highest BCUT2D eigenvalue weighted by Gasteiger charge is 2.33. The van der Waals surface area contributed by atoms with Gasteiger partial charge in [0.2, 0.25) is 5.91 Å². The van der Waals surface area contributed by atoms with Crippen LogP contribution < -0.4 is 16.0 Å². The van der Waals surface area contributed by atoms with Crippen LogP contribution in [0.2, 0.25) is 0 Å². The molecular weight excluding hydrogens is 635 g/mol. The number of carbonyl (C=O) groups excluding carboxylic acids is 1. The van der Waals surface area contributed by atoms with E-state index in [0.717, 1.165) is 21.6 Å². The third-order valence-corrected chi connectivity index (χ3v) is 10.3. The second kappa shape index (κ2) is 16.1. The second-order valence-electron chi connectivity index (χ2n) is 11.5. The van der Waals surface area contributed by atoms with Crippen LogP contribution >= 0.6 is 11.8 Å². The first kappa shape index (κ1) is 34.2. The third kappa shape index (κ3) is 9.68. The molecule has 246 valence electrons. The Morgan fingerprint density at radius 2 is 1.53 bits per heavy atom. The van der Waals surface area contributed by atoms with Gasteiger partial charge in [0.15, 0.2) is 9.84 Å². The summed E-state index contributed by atoms with van der Waals surface area (Å²) in [6.07, 6.45) is 1.16. The number of thioether (sulfide) groups is 1. The lowest BCUT2D eigenvalue weighted by Crippen LogP contribution is -2.47. The first-order valence-electron chi connectivity index (χ1n) is 15.4. The molecule has 9 nitrogen and oxygen atoms in total. The summed E-state index contributed by atoms with van der Waals surface area (Å²) in [5, 5.41) is 18.7. The number of morpholine rings is 1. The van der Waals surface area contributed by atoms with E-state index in [9.17, 15) is 23.1 Å². The molecule has 0 spiro atoms. The molecule has 47 heavy (non-hydrogen) atoms. The van der Waals surface area contributed by atoms with Gasteiger partial charge in [0.05, 0.1) is 17.1 Å². The van der Waals surface area contributed by atoms with Crippen LogP contribution in [0.1, 0.15) is 29.0 Å². The molecule has 4 aromatic carbocycles.